The maximum atomic E-state index is 11.4. The minimum Gasteiger partial charge on any atom is -0.488 e. The molecule has 3 nitrogen and oxygen atoms in total. The predicted molar refractivity (Wildman–Crippen MR) is 91.2 cm³/mol. The number of amides is 1. The summed E-state index contributed by atoms with van der Waals surface area (Å²) >= 11 is 0. The first-order chi connectivity index (χ1) is 11.2. The SMILES string of the molecule is NC(=O)c1cccc(-c2ccccc2OCc2ccccc2)c1. The molecule has 23 heavy (non-hydrogen) atoms. The van der Waals surface area contributed by atoms with Crippen LogP contribution in [0.4, 0.5) is 0 Å². The molecule has 3 aromatic rings. The fraction of sp³-hybridized carbons (Fsp3) is 0.0500. The molecule has 0 atom stereocenters. The maximum Gasteiger partial charge on any atom is 0.248 e. The summed E-state index contributed by atoms with van der Waals surface area (Å²) < 4.78 is 5.96. The Balaban J connectivity index is 1.89. The van der Waals surface area contributed by atoms with Gasteiger partial charge in [-0.15, -0.1) is 0 Å². The third kappa shape index (κ3) is 3.58. The van der Waals surface area contributed by atoms with Gasteiger partial charge in [0.05, 0.1) is 0 Å². The molecule has 0 heterocycles. The summed E-state index contributed by atoms with van der Waals surface area (Å²) in [4.78, 5) is 11.4. The van der Waals surface area contributed by atoms with E-state index in [0.717, 1.165) is 22.4 Å². The molecule has 0 unspecified atom stereocenters. The molecule has 114 valence electrons. The quantitative estimate of drug-likeness (QED) is 0.773. The van der Waals surface area contributed by atoms with Crippen molar-refractivity contribution in [1.82, 2.24) is 0 Å². The molecular weight excluding hydrogens is 286 g/mol. The molecule has 2 N–H and O–H groups in total. The Kier molecular flexibility index (Phi) is 4.39. The van der Waals surface area contributed by atoms with Crippen molar-refractivity contribution in [3.05, 3.63) is 90.0 Å². The van der Waals surface area contributed by atoms with Gasteiger partial charge in [-0.1, -0.05) is 60.7 Å². The monoisotopic (exact) mass is 303 g/mol. The van der Waals surface area contributed by atoms with Gasteiger partial charge in [-0.05, 0) is 29.3 Å². The zero-order valence-corrected chi connectivity index (χ0v) is 12.6. The van der Waals surface area contributed by atoms with Crippen LogP contribution < -0.4 is 10.5 Å². The number of carbonyl (C=O) groups is 1. The van der Waals surface area contributed by atoms with Crippen molar-refractivity contribution in [2.75, 3.05) is 0 Å². The maximum absolute atomic E-state index is 11.4. The number of benzene rings is 3. The van der Waals surface area contributed by atoms with E-state index in [1.807, 2.05) is 66.7 Å². The minimum absolute atomic E-state index is 0.436. The van der Waals surface area contributed by atoms with E-state index >= 15 is 0 Å². The summed E-state index contributed by atoms with van der Waals surface area (Å²) in [6, 6.07) is 25.0. The summed E-state index contributed by atoms with van der Waals surface area (Å²) in [7, 11) is 0. The lowest BCUT2D eigenvalue weighted by atomic mass is 10.0. The van der Waals surface area contributed by atoms with Crippen LogP contribution in [0.3, 0.4) is 0 Å². The zero-order chi connectivity index (χ0) is 16.1. The van der Waals surface area contributed by atoms with Crippen LogP contribution in [0.15, 0.2) is 78.9 Å². The molecule has 0 spiro atoms. The fourth-order valence-electron chi connectivity index (χ4n) is 2.41. The number of para-hydroxylation sites is 1. The van der Waals surface area contributed by atoms with Gasteiger partial charge >= 0.3 is 0 Å². The van der Waals surface area contributed by atoms with Crippen molar-refractivity contribution in [2.45, 2.75) is 6.61 Å². The Bertz CT molecular complexity index is 813. The molecule has 0 aliphatic heterocycles. The molecule has 3 aromatic carbocycles. The van der Waals surface area contributed by atoms with E-state index in [2.05, 4.69) is 0 Å². The lowest BCUT2D eigenvalue weighted by Gasteiger charge is -2.12. The van der Waals surface area contributed by atoms with Crippen molar-refractivity contribution < 1.29 is 9.53 Å². The van der Waals surface area contributed by atoms with Crippen LogP contribution >= 0.6 is 0 Å². The molecule has 3 rings (SSSR count). The molecule has 0 aliphatic rings. The first-order valence-electron chi connectivity index (χ1n) is 7.40. The van der Waals surface area contributed by atoms with E-state index in [0.29, 0.717) is 12.2 Å². The lowest BCUT2D eigenvalue weighted by Crippen LogP contribution is -2.10. The number of hydrogen-bond acceptors (Lipinski definition) is 2. The molecule has 0 fully saturated rings. The van der Waals surface area contributed by atoms with Crippen LogP contribution in [0.1, 0.15) is 15.9 Å². The normalized spacial score (nSPS) is 10.3. The van der Waals surface area contributed by atoms with E-state index in [1.54, 1.807) is 12.1 Å². The van der Waals surface area contributed by atoms with Crippen LogP contribution in [0.2, 0.25) is 0 Å². The van der Waals surface area contributed by atoms with Crippen LogP contribution in [0.25, 0.3) is 11.1 Å². The van der Waals surface area contributed by atoms with Crippen molar-refractivity contribution in [2.24, 2.45) is 5.73 Å². The topological polar surface area (TPSA) is 52.3 Å². The highest BCUT2D eigenvalue weighted by Crippen LogP contribution is 2.30. The van der Waals surface area contributed by atoms with Gasteiger partial charge in [0.25, 0.3) is 0 Å². The van der Waals surface area contributed by atoms with Gasteiger partial charge in [-0.2, -0.15) is 0 Å². The summed E-state index contributed by atoms with van der Waals surface area (Å²) in [6.45, 7) is 0.493. The first kappa shape index (κ1) is 14.9. The molecular formula is C20H17NO2. The smallest absolute Gasteiger partial charge is 0.248 e. The number of rotatable bonds is 5. The Hall–Kier alpha value is -3.07. The largest absolute Gasteiger partial charge is 0.488 e. The zero-order valence-electron chi connectivity index (χ0n) is 12.6. The highest BCUT2D eigenvalue weighted by Gasteiger charge is 2.08. The molecule has 0 saturated heterocycles. The van der Waals surface area contributed by atoms with Gasteiger partial charge in [0, 0.05) is 11.1 Å². The molecule has 0 aromatic heterocycles. The van der Waals surface area contributed by atoms with Crippen molar-refractivity contribution in [3.8, 4) is 16.9 Å². The average Bonchev–Trinajstić information content (AvgIpc) is 2.61. The van der Waals surface area contributed by atoms with Gasteiger partial charge in [0.2, 0.25) is 5.91 Å². The van der Waals surface area contributed by atoms with E-state index in [4.69, 9.17) is 10.5 Å². The van der Waals surface area contributed by atoms with Gasteiger partial charge in [0.15, 0.2) is 0 Å². The van der Waals surface area contributed by atoms with E-state index in [9.17, 15) is 4.79 Å². The van der Waals surface area contributed by atoms with Crippen LogP contribution in [-0.4, -0.2) is 5.91 Å². The van der Waals surface area contributed by atoms with Crippen LogP contribution in [-0.2, 0) is 6.61 Å². The second-order valence-electron chi connectivity index (χ2n) is 5.22. The van der Waals surface area contributed by atoms with E-state index in [1.165, 1.54) is 0 Å². The Morgan fingerprint density at radius 3 is 2.39 bits per heavy atom. The Labute approximate surface area is 135 Å². The van der Waals surface area contributed by atoms with Gasteiger partial charge < -0.3 is 10.5 Å². The van der Waals surface area contributed by atoms with Gasteiger partial charge in [0.1, 0.15) is 12.4 Å². The number of nitrogens with two attached hydrogens (primary N) is 1. The Morgan fingerprint density at radius 2 is 1.61 bits per heavy atom. The van der Waals surface area contributed by atoms with Crippen LogP contribution in [0, 0.1) is 0 Å². The van der Waals surface area contributed by atoms with Crippen LogP contribution in [0.5, 0.6) is 5.75 Å². The van der Waals surface area contributed by atoms with E-state index < -0.39 is 5.91 Å². The molecule has 1 amide bonds. The lowest BCUT2D eigenvalue weighted by molar-refractivity contribution is 0.100. The predicted octanol–water partition coefficient (Wildman–Crippen LogP) is 4.03. The first-order valence-corrected chi connectivity index (χ1v) is 7.40. The minimum atomic E-state index is -0.436. The third-order valence-corrected chi connectivity index (χ3v) is 3.58. The third-order valence-electron chi connectivity index (χ3n) is 3.58. The van der Waals surface area contributed by atoms with Gasteiger partial charge in [-0.3, -0.25) is 4.79 Å². The molecule has 3 heteroatoms. The second kappa shape index (κ2) is 6.79. The van der Waals surface area contributed by atoms with Crippen molar-refractivity contribution >= 4 is 5.91 Å². The summed E-state index contributed by atoms with van der Waals surface area (Å²) in [5, 5.41) is 0. The summed E-state index contributed by atoms with van der Waals surface area (Å²) in [5.74, 6) is 0.340. The van der Waals surface area contributed by atoms with Crippen molar-refractivity contribution in [1.29, 1.82) is 0 Å². The Morgan fingerprint density at radius 1 is 0.870 bits per heavy atom. The number of ether oxygens (including phenoxy) is 1. The molecule has 0 saturated carbocycles. The summed E-state index contributed by atoms with van der Waals surface area (Å²) in [6.07, 6.45) is 0. The van der Waals surface area contributed by atoms with Gasteiger partial charge in [-0.25, -0.2) is 0 Å². The van der Waals surface area contributed by atoms with Crippen molar-refractivity contribution in [3.63, 3.8) is 0 Å². The average molecular weight is 303 g/mol. The standard InChI is InChI=1S/C20H17NO2/c21-20(22)17-10-6-9-16(13-17)18-11-4-5-12-19(18)23-14-15-7-2-1-3-8-15/h1-13H,14H2,(H2,21,22). The molecule has 0 aliphatic carbocycles. The number of hydrogen-bond donors (Lipinski definition) is 1. The number of carbonyl (C=O) groups excluding carboxylic acids is 1. The second-order valence-corrected chi connectivity index (χ2v) is 5.22. The number of primary amides is 1. The highest BCUT2D eigenvalue weighted by molar-refractivity contribution is 5.94. The molecule has 0 radical (unpaired) electrons. The summed E-state index contributed by atoms with van der Waals surface area (Å²) in [5.41, 5.74) is 8.80. The molecule has 0 bridgehead atoms. The highest BCUT2D eigenvalue weighted by atomic mass is 16.5. The fourth-order valence-corrected chi connectivity index (χ4v) is 2.41. The van der Waals surface area contributed by atoms with E-state index in [-0.39, 0.29) is 0 Å².